The molecule has 3 aromatic rings. The molecule has 0 saturated carbocycles. The monoisotopic (exact) mass is 352 g/mol. The maximum Gasteiger partial charge on any atom is 0.338 e. The maximum absolute atomic E-state index is 12.1. The van der Waals surface area contributed by atoms with E-state index < -0.39 is 11.9 Å². The molecule has 8 heteroatoms. The van der Waals surface area contributed by atoms with Crippen LogP contribution in [0.15, 0.2) is 65.5 Å². The molecule has 132 valence electrons. The van der Waals surface area contributed by atoms with Gasteiger partial charge in [0.15, 0.2) is 6.61 Å². The molecule has 2 heterocycles. The lowest BCUT2D eigenvalue weighted by Crippen LogP contribution is -2.28. The zero-order chi connectivity index (χ0) is 18.2. The zero-order valence-electron chi connectivity index (χ0n) is 13.7. The average molecular weight is 352 g/mol. The third kappa shape index (κ3) is 4.91. The molecule has 0 atom stereocenters. The molecule has 0 saturated heterocycles. The van der Waals surface area contributed by atoms with E-state index in [2.05, 4.69) is 20.6 Å². The number of nitrogens with zero attached hydrogens (tertiary/aromatic N) is 2. The summed E-state index contributed by atoms with van der Waals surface area (Å²) in [5.41, 5.74) is 0.942. The zero-order valence-corrected chi connectivity index (χ0v) is 13.7. The molecule has 0 aliphatic rings. The van der Waals surface area contributed by atoms with Gasteiger partial charge in [0, 0.05) is 18.1 Å². The summed E-state index contributed by atoms with van der Waals surface area (Å²) in [7, 11) is 0. The molecular formula is C18H16N4O4. The Morgan fingerprint density at radius 1 is 1.08 bits per heavy atom. The van der Waals surface area contributed by atoms with Gasteiger partial charge >= 0.3 is 5.97 Å². The van der Waals surface area contributed by atoms with E-state index in [-0.39, 0.29) is 13.2 Å². The second-order valence-corrected chi connectivity index (χ2v) is 5.21. The van der Waals surface area contributed by atoms with Gasteiger partial charge in [0.05, 0.1) is 18.4 Å². The number of anilines is 2. The van der Waals surface area contributed by atoms with E-state index >= 15 is 0 Å². The first-order chi connectivity index (χ1) is 12.7. The number of hydrogen-bond acceptors (Lipinski definition) is 7. The summed E-state index contributed by atoms with van der Waals surface area (Å²) in [5.74, 6) is 0.0133. The van der Waals surface area contributed by atoms with E-state index in [0.29, 0.717) is 23.0 Å². The van der Waals surface area contributed by atoms with E-state index in [0.717, 1.165) is 0 Å². The molecule has 26 heavy (non-hydrogen) atoms. The van der Waals surface area contributed by atoms with E-state index in [1.807, 2.05) is 0 Å². The van der Waals surface area contributed by atoms with Gasteiger partial charge in [-0.25, -0.2) is 14.8 Å². The Labute approximate surface area is 149 Å². The van der Waals surface area contributed by atoms with Crippen molar-refractivity contribution in [3.63, 3.8) is 0 Å². The number of benzene rings is 1. The number of nitrogens with one attached hydrogen (secondary N) is 2. The lowest BCUT2D eigenvalue weighted by Gasteiger charge is -2.08. The smallest absolute Gasteiger partial charge is 0.338 e. The van der Waals surface area contributed by atoms with Gasteiger partial charge in [0.25, 0.3) is 5.91 Å². The predicted octanol–water partition coefficient (Wildman–Crippen LogP) is 2.29. The molecule has 3 rings (SSSR count). The second kappa shape index (κ2) is 8.43. The predicted molar refractivity (Wildman–Crippen MR) is 92.6 cm³/mol. The van der Waals surface area contributed by atoms with Gasteiger partial charge in [-0.3, -0.25) is 4.79 Å². The van der Waals surface area contributed by atoms with Crippen molar-refractivity contribution in [1.29, 1.82) is 0 Å². The van der Waals surface area contributed by atoms with Crippen LogP contribution in [0.2, 0.25) is 0 Å². The fourth-order valence-corrected chi connectivity index (χ4v) is 2.08. The summed E-state index contributed by atoms with van der Waals surface area (Å²) >= 11 is 0. The Morgan fingerprint density at radius 3 is 2.69 bits per heavy atom. The number of esters is 1. The fourth-order valence-electron chi connectivity index (χ4n) is 2.08. The van der Waals surface area contributed by atoms with E-state index in [4.69, 9.17) is 9.15 Å². The van der Waals surface area contributed by atoms with Gasteiger partial charge in [-0.15, -0.1) is 0 Å². The van der Waals surface area contributed by atoms with Gasteiger partial charge in [-0.2, -0.15) is 0 Å². The molecule has 8 nitrogen and oxygen atoms in total. The second-order valence-electron chi connectivity index (χ2n) is 5.21. The van der Waals surface area contributed by atoms with Crippen molar-refractivity contribution in [2.24, 2.45) is 0 Å². The topological polar surface area (TPSA) is 106 Å². The van der Waals surface area contributed by atoms with Crippen LogP contribution >= 0.6 is 0 Å². The third-order valence-corrected chi connectivity index (χ3v) is 3.29. The van der Waals surface area contributed by atoms with Crippen LogP contribution in [-0.4, -0.2) is 28.5 Å². The lowest BCUT2D eigenvalue weighted by molar-refractivity contribution is -0.124. The molecule has 0 fully saturated rings. The molecule has 2 aromatic heterocycles. The van der Waals surface area contributed by atoms with Crippen molar-refractivity contribution in [2.45, 2.75) is 6.54 Å². The normalized spacial score (nSPS) is 10.2. The average Bonchev–Trinajstić information content (AvgIpc) is 3.19. The van der Waals surface area contributed by atoms with E-state index in [1.165, 1.54) is 6.26 Å². The number of furan rings is 1. The number of rotatable bonds is 7. The van der Waals surface area contributed by atoms with Crippen molar-refractivity contribution in [3.8, 4) is 0 Å². The van der Waals surface area contributed by atoms with Gasteiger partial charge in [0.1, 0.15) is 5.76 Å². The Balaban J connectivity index is 1.51. The van der Waals surface area contributed by atoms with Crippen LogP contribution in [-0.2, 0) is 16.1 Å². The van der Waals surface area contributed by atoms with E-state index in [1.54, 1.807) is 54.9 Å². The van der Waals surface area contributed by atoms with Gasteiger partial charge in [0.2, 0.25) is 5.95 Å². The quantitative estimate of drug-likeness (QED) is 0.628. The van der Waals surface area contributed by atoms with Crippen molar-refractivity contribution in [1.82, 2.24) is 15.3 Å². The number of ether oxygens (including phenoxy) is 1. The highest BCUT2D eigenvalue weighted by atomic mass is 16.5. The molecular weight excluding hydrogens is 336 g/mol. The summed E-state index contributed by atoms with van der Waals surface area (Å²) in [5, 5.41) is 5.58. The first-order valence-electron chi connectivity index (χ1n) is 7.81. The minimum atomic E-state index is -0.601. The number of carbonyl (C=O) groups excluding carboxylic acids is 2. The van der Waals surface area contributed by atoms with Crippen LogP contribution < -0.4 is 10.6 Å². The fraction of sp³-hybridized carbons (Fsp3) is 0.111. The summed E-state index contributed by atoms with van der Waals surface area (Å²) in [6.45, 7) is -0.140. The van der Waals surface area contributed by atoms with Crippen LogP contribution in [0.5, 0.6) is 0 Å². The largest absolute Gasteiger partial charge is 0.467 e. The van der Waals surface area contributed by atoms with Crippen molar-refractivity contribution in [3.05, 3.63) is 72.4 Å². The van der Waals surface area contributed by atoms with Crippen LogP contribution in [0.4, 0.5) is 11.6 Å². The molecule has 0 spiro atoms. The Hall–Kier alpha value is -3.68. The third-order valence-electron chi connectivity index (χ3n) is 3.29. The van der Waals surface area contributed by atoms with Crippen molar-refractivity contribution >= 4 is 23.5 Å². The van der Waals surface area contributed by atoms with Crippen LogP contribution in [0.25, 0.3) is 0 Å². The van der Waals surface area contributed by atoms with Gasteiger partial charge in [-0.1, -0.05) is 6.07 Å². The summed E-state index contributed by atoms with van der Waals surface area (Å²) in [4.78, 5) is 31.9. The molecule has 1 amide bonds. The highest BCUT2D eigenvalue weighted by Gasteiger charge is 2.11. The lowest BCUT2D eigenvalue weighted by atomic mass is 10.2. The molecule has 0 bridgehead atoms. The van der Waals surface area contributed by atoms with Crippen molar-refractivity contribution in [2.75, 3.05) is 11.9 Å². The van der Waals surface area contributed by atoms with Crippen LogP contribution in [0.3, 0.4) is 0 Å². The Bertz CT molecular complexity index is 866. The minimum Gasteiger partial charge on any atom is -0.467 e. The number of amides is 1. The Morgan fingerprint density at radius 2 is 1.92 bits per heavy atom. The first kappa shape index (κ1) is 17.2. The number of aromatic nitrogens is 2. The standard InChI is InChI=1S/C18H16N4O4/c23-16(21-11-15-6-2-9-25-15)12-26-17(24)13-4-1-5-14(10-13)22-18-19-7-3-8-20-18/h1-10H,11-12H2,(H,21,23)(H,19,20,22). The highest BCUT2D eigenvalue weighted by Crippen LogP contribution is 2.15. The summed E-state index contributed by atoms with van der Waals surface area (Å²) < 4.78 is 10.1. The summed E-state index contributed by atoms with van der Waals surface area (Å²) in [6.07, 6.45) is 4.73. The van der Waals surface area contributed by atoms with Crippen molar-refractivity contribution < 1.29 is 18.7 Å². The van der Waals surface area contributed by atoms with Crippen LogP contribution in [0.1, 0.15) is 16.1 Å². The van der Waals surface area contributed by atoms with Crippen LogP contribution in [0, 0.1) is 0 Å². The Kier molecular flexibility index (Phi) is 5.56. The molecule has 1 aromatic carbocycles. The highest BCUT2D eigenvalue weighted by molar-refractivity contribution is 5.92. The molecule has 0 unspecified atom stereocenters. The van der Waals surface area contributed by atoms with Gasteiger partial charge in [-0.05, 0) is 36.4 Å². The molecule has 0 aliphatic carbocycles. The molecule has 0 aliphatic heterocycles. The summed E-state index contributed by atoms with van der Waals surface area (Å²) in [6, 6.07) is 11.8. The molecule has 0 radical (unpaired) electrons. The first-order valence-corrected chi connectivity index (χ1v) is 7.81. The SMILES string of the molecule is O=C(COC(=O)c1cccc(Nc2ncccn2)c1)NCc1ccco1. The maximum atomic E-state index is 12.1. The van der Waals surface area contributed by atoms with E-state index in [9.17, 15) is 9.59 Å². The van der Waals surface area contributed by atoms with Gasteiger partial charge < -0.3 is 19.8 Å². The number of hydrogen-bond donors (Lipinski definition) is 2. The minimum absolute atomic E-state index is 0.236. The number of carbonyl (C=O) groups is 2. The molecule has 2 N–H and O–H groups in total.